The second kappa shape index (κ2) is 9.29. The van der Waals surface area contributed by atoms with E-state index in [9.17, 15) is 4.79 Å². The van der Waals surface area contributed by atoms with Crippen LogP contribution in [0.3, 0.4) is 0 Å². The molecule has 27 heavy (non-hydrogen) atoms. The number of Topliss-reactive ketones (excluding diaryl/α,β-unsaturated/α-hetero) is 1. The summed E-state index contributed by atoms with van der Waals surface area (Å²) in [6, 6.07) is 5.95. The largest absolute Gasteiger partial charge is 0.493 e. The Labute approximate surface area is 163 Å². The first-order valence-electron chi connectivity index (χ1n) is 10.5. The molecule has 0 N–H and O–H groups in total. The summed E-state index contributed by atoms with van der Waals surface area (Å²) in [6.07, 6.45) is 8.81. The van der Waals surface area contributed by atoms with Crippen LogP contribution in [-0.4, -0.2) is 37.5 Å². The van der Waals surface area contributed by atoms with Crippen molar-refractivity contribution in [2.45, 2.75) is 52.4 Å². The van der Waals surface area contributed by atoms with Crippen molar-refractivity contribution >= 4 is 11.9 Å². The number of hydrogen-bond donors (Lipinski definition) is 0. The van der Waals surface area contributed by atoms with Crippen LogP contribution in [0.25, 0.3) is 6.08 Å². The molecule has 1 unspecified atom stereocenters. The Hall–Kier alpha value is -1.97. The second-order valence-corrected chi connectivity index (χ2v) is 7.79. The summed E-state index contributed by atoms with van der Waals surface area (Å²) in [5, 5.41) is 0. The zero-order valence-electron chi connectivity index (χ0n) is 17.0. The maximum absolute atomic E-state index is 12.6. The zero-order chi connectivity index (χ0) is 19.2. The molecule has 3 aliphatic heterocycles. The van der Waals surface area contributed by atoms with Crippen LogP contribution in [-0.2, 0) is 4.79 Å². The number of unbranched alkanes of at least 4 members (excludes halogenated alkanes) is 1. The Kier molecular flexibility index (Phi) is 6.81. The summed E-state index contributed by atoms with van der Waals surface area (Å²) in [4.78, 5) is 14.8. The smallest absolute Gasteiger partial charge is 0.182 e. The van der Waals surface area contributed by atoms with Crippen LogP contribution in [0, 0.1) is 11.8 Å². The van der Waals surface area contributed by atoms with Crippen LogP contribution in [0.1, 0.15) is 57.9 Å². The predicted octanol–water partition coefficient (Wildman–Crippen LogP) is 4.93. The number of rotatable bonds is 9. The van der Waals surface area contributed by atoms with Crippen LogP contribution in [0.2, 0.25) is 0 Å². The fourth-order valence-electron chi connectivity index (χ4n) is 4.07. The summed E-state index contributed by atoms with van der Waals surface area (Å²) in [6.45, 7) is 7.15. The molecule has 0 saturated carbocycles. The fraction of sp³-hybridized carbons (Fsp3) is 0.609. The predicted molar refractivity (Wildman–Crippen MR) is 109 cm³/mol. The third-order valence-corrected chi connectivity index (χ3v) is 5.97. The Morgan fingerprint density at radius 1 is 1.22 bits per heavy atom. The van der Waals surface area contributed by atoms with Gasteiger partial charge in [-0.3, -0.25) is 4.79 Å². The summed E-state index contributed by atoms with van der Waals surface area (Å²) < 4.78 is 11.6. The maximum atomic E-state index is 12.6. The van der Waals surface area contributed by atoms with Gasteiger partial charge < -0.3 is 14.4 Å². The average Bonchev–Trinajstić information content (AvgIpc) is 2.71. The molecular weight excluding hydrogens is 338 g/mol. The van der Waals surface area contributed by atoms with Gasteiger partial charge in [-0.2, -0.15) is 0 Å². The molecule has 0 aromatic heterocycles. The lowest BCUT2D eigenvalue weighted by Gasteiger charge is -2.41. The highest BCUT2D eigenvalue weighted by molar-refractivity contribution is 6.01. The molecule has 4 heteroatoms. The van der Waals surface area contributed by atoms with Crippen molar-refractivity contribution in [2.24, 2.45) is 11.8 Å². The highest BCUT2D eigenvalue weighted by Crippen LogP contribution is 2.34. The van der Waals surface area contributed by atoms with Gasteiger partial charge >= 0.3 is 0 Å². The van der Waals surface area contributed by atoms with Crippen molar-refractivity contribution in [3.63, 3.8) is 0 Å². The number of fused-ring (bicyclic) bond motifs is 3. The van der Waals surface area contributed by atoms with Crippen LogP contribution >= 0.6 is 0 Å². The first kappa shape index (κ1) is 19.8. The molecule has 3 saturated heterocycles. The number of methoxy groups -OCH3 is 1. The number of carbonyl (C=O) groups excluding carboxylic acids is 1. The molecule has 3 heterocycles. The lowest BCUT2D eigenvalue weighted by molar-refractivity contribution is -0.125. The van der Waals surface area contributed by atoms with Crippen molar-refractivity contribution in [1.29, 1.82) is 0 Å². The summed E-state index contributed by atoms with van der Waals surface area (Å²) >= 11 is 0. The van der Waals surface area contributed by atoms with E-state index in [1.807, 2.05) is 24.3 Å². The number of ketones is 1. The van der Waals surface area contributed by atoms with Gasteiger partial charge in [-0.15, -0.1) is 0 Å². The minimum atomic E-state index is 0.221. The molecule has 1 atom stereocenters. The number of allylic oxidation sites excluding steroid dienone is 1. The molecule has 4 rings (SSSR count). The number of carbonyl (C=O) groups is 1. The molecule has 0 spiro atoms. The van der Waals surface area contributed by atoms with E-state index >= 15 is 0 Å². The van der Waals surface area contributed by atoms with Gasteiger partial charge in [0.1, 0.15) is 0 Å². The molecule has 3 aliphatic rings. The van der Waals surface area contributed by atoms with E-state index in [1.54, 1.807) is 7.11 Å². The van der Waals surface area contributed by atoms with E-state index in [1.165, 1.54) is 19.3 Å². The molecule has 0 aliphatic carbocycles. The molecule has 0 radical (unpaired) electrons. The van der Waals surface area contributed by atoms with E-state index in [4.69, 9.17) is 9.47 Å². The van der Waals surface area contributed by atoms with Crippen molar-refractivity contribution in [2.75, 3.05) is 26.8 Å². The SMILES string of the molecule is CCCCC(CC)COc1cc(/C=C2/C(=O)C3CCN2CC3)ccc1OC. The molecule has 2 bridgehead atoms. The number of benzene rings is 1. The van der Waals surface area contributed by atoms with Crippen molar-refractivity contribution in [3.8, 4) is 11.5 Å². The quantitative estimate of drug-likeness (QED) is 0.577. The molecule has 1 aromatic rings. The van der Waals surface area contributed by atoms with Gasteiger partial charge in [0.2, 0.25) is 0 Å². The van der Waals surface area contributed by atoms with Crippen molar-refractivity contribution in [1.82, 2.24) is 4.90 Å². The molecule has 1 aromatic carbocycles. The first-order valence-corrected chi connectivity index (χ1v) is 10.5. The van der Waals surface area contributed by atoms with Gasteiger partial charge in [0.15, 0.2) is 17.3 Å². The Balaban J connectivity index is 1.75. The number of nitrogens with zero attached hydrogens (tertiary/aromatic N) is 1. The summed E-state index contributed by atoms with van der Waals surface area (Å²) in [5.74, 6) is 2.61. The van der Waals surface area contributed by atoms with Crippen LogP contribution in [0.5, 0.6) is 11.5 Å². The lowest BCUT2D eigenvalue weighted by Crippen LogP contribution is -2.45. The van der Waals surface area contributed by atoms with E-state index < -0.39 is 0 Å². The van der Waals surface area contributed by atoms with Gasteiger partial charge in [0, 0.05) is 19.0 Å². The number of ether oxygens (including phenoxy) is 2. The van der Waals surface area contributed by atoms with Gasteiger partial charge in [0.25, 0.3) is 0 Å². The average molecular weight is 372 g/mol. The summed E-state index contributed by atoms with van der Waals surface area (Å²) in [7, 11) is 1.67. The standard InChI is InChI=1S/C23H33NO3/c1-4-6-7-17(5-2)16-27-22-15-18(8-9-21(22)26-3)14-20-23(25)19-10-12-24(20)13-11-19/h8-9,14-15,17,19H,4-7,10-13,16H2,1-3H3/b20-14-. The van der Waals surface area contributed by atoms with Gasteiger partial charge in [-0.05, 0) is 49.0 Å². The summed E-state index contributed by atoms with van der Waals surface area (Å²) in [5.41, 5.74) is 1.87. The minimum absolute atomic E-state index is 0.221. The number of hydrogen-bond acceptors (Lipinski definition) is 4. The Bertz CT molecular complexity index is 674. The van der Waals surface area contributed by atoms with Crippen molar-refractivity contribution < 1.29 is 14.3 Å². The van der Waals surface area contributed by atoms with Crippen LogP contribution < -0.4 is 9.47 Å². The van der Waals surface area contributed by atoms with Gasteiger partial charge in [0.05, 0.1) is 19.4 Å². The fourth-order valence-corrected chi connectivity index (χ4v) is 4.07. The lowest BCUT2D eigenvalue weighted by atomic mass is 9.84. The monoisotopic (exact) mass is 371 g/mol. The Morgan fingerprint density at radius 3 is 2.63 bits per heavy atom. The molecule has 3 fully saturated rings. The Morgan fingerprint density at radius 2 is 2.00 bits per heavy atom. The third kappa shape index (κ3) is 4.66. The number of piperidine rings is 3. The molecular formula is C23H33NO3. The van der Waals surface area contributed by atoms with Gasteiger partial charge in [-0.25, -0.2) is 0 Å². The van der Waals surface area contributed by atoms with Gasteiger partial charge in [-0.1, -0.05) is 39.2 Å². The van der Waals surface area contributed by atoms with E-state index in [-0.39, 0.29) is 5.92 Å². The normalized spacial score (nSPS) is 19.6. The topological polar surface area (TPSA) is 38.8 Å². The van der Waals surface area contributed by atoms with E-state index in [0.29, 0.717) is 18.3 Å². The third-order valence-electron chi connectivity index (χ3n) is 5.97. The molecule has 0 amide bonds. The van der Waals surface area contributed by atoms with E-state index in [2.05, 4.69) is 18.7 Å². The van der Waals surface area contributed by atoms with E-state index in [0.717, 1.165) is 55.1 Å². The second-order valence-electron chi connectivity index (χ2n) is 7.79. The molecule has 4 nitrogen and oxygen atoms in total. The highest BCUT2D eigenvalue weighted by Gasteiger charge is 2.36. The maximum Gasteiger partial charge on any atom is 0.182 e. The van der Waals surface area contributed by atoms with Crippen LogP contribution in [0.4, 0.5) is 0 Å². The first-order chi connectivity index (χ1) is 13.2. The highest BCUT2D eigenvalue weighted by atomic mass is 16.5. The van der Waals surface area contributed by atoms with Crippen molar-refractivity contribution in [3.05, 3.63) is 29.5 Å². The van der Waals surface area contributed by atoms with Crippen LogP contribution in [0.15, 0.2) is 23.9 Å². The minimum Gasteiger partial charge on any atom is -0.493 e. The zero-order valence-corrected chi connectivity index (χ0v) is 17.0. The molecule has 148 valence electrons.